The van der Waals surface area contributed by atoms with E-state index in [1.807, 2.05) is 54.4 Å². The van der Waals surface area contributed by atoms with E-state index in [0.717, 1.165) is 47.0 Å². The number of amides is 2. The van der Waals surface area contributed by atoms with Gasteiger partial charge in [0.1, 0.15) is 11.3 Å². The van der Waals surface area contributed by atoms with Crippen LogP contribution in [0.25, 0.3) is 16.9 Å². The van der Waals surface area contributed by atoms with Crippen molar-refractivity contribution >= 4 is 22.9 Å². The van der Waals surface area contributed by atoms with Crippen molar-refractivity contribution in [3.63, 3.8) is 0 Å². The normalized spacial score (nSPS) is 14.5. The van der Waals surface area contributed by atoms with E-state index in [1.54, 1.807) is 0 Å². The summed E-state index contributed by atoms with van der Waals surface area (Å²) >= 11 is 0. The predicted octanol–water partition coefficient (Wildman–Crippen LogP) is 4.39. The Balaban J connectivity index is 1.30. The first kappa shape index (κ1) is 21.2. The zero-order valence-electron chi connectivity index (χ0n) is 19.0. The molecule has 2 aromatic carbocycles. The van der Waals surface area contributed by atoms with E-state index in [1.165, 1.54) is 5.56 Å². The van der Waals surface area contributed by atoms with Gasteiger partial charge in [-0.25, -0.2) is 14.8 Å². The number of piperazine rings is 1. The third-order valence-electron chi connectivity index (χ3n) is 6.19. The summed E-state index contributed by atoms with van der Waals surface area (Å²) in [6.07, 6.45) is 1.81. The summed E-state index contributed by atoms with van der Waals surface area (Å²) in [4.78, 5) is 26.5. The molecule has 168 valence electrons. The number of fused-ring (bicyclic) bond motifs is 1. The van der Waals surface area contributed by atoms with Crippen LogP contribution in [-0.2, 0) is 6.54 Å². The van der Waals surface area contributed by atoms with Crippen molar-refractivity contribution in [2.45, 2.75) is 20.4 Å². The van der Waals surface area contributed by atoms with Gasteiger partial charge in [-0.1, -0.05) is 35.9 Å². The molecule has 0 spiro atoms. The molecular formula is C26H28N6O. The zero-order chi connectivity index (χ0) is 22.8. The van der Waals surface area contributed by atoms with Crippen LogP contribution < -0.4 is 5.32 Å². The van der Waals surface area contributed by atoms with E-state index in [0.29, 0.717) is 19.6 Å². The molecule has 1 saturated heterocycles. The maximum atomic E-state index is 12.7. The van der Waals surface area contributed by atoms with Crippen LogP contribution in [0.1, 0.15) is 17.0 Å². The quantitative estimate of drug-likeness (QED) is 0.511. The molecule has 1 fully saturated rings. The highest BCUT2D eigenvalue weighted by atomic mass is 16.2. The van der Waals surface area contributed by atoms with Gasteiger partial charge in [-0.3, -0.25) is 9.47 Å². The van der Waals surface area contributed by atoms with Crippen LogP contribution in [0.5, 0.6) is 0 Å². The lowest BCUT2D eigenvalue weighted by Crippen LogP contribution is -2.49. The van der Waals surface area contributed by atoms with Crippen molar-refractivity contribution in [2.24, 2.45) is 0 Å². The van der Waals surface area contributed by atoms with Gasteiger partial charge in [-0.05, 0) is 49.7 Å². The zero-order valence-corrected chi connectivity index (χ0v) is 19.0. The second kappa shape index (κ2) is 9.03. The number of aromatic nitrogens is 3. The highest BCUT2D eigenvalue weighted by molar-refractivity contribution is 5.90. The number of para-hydroxylation sites is 1. The highest BCUT2D eigenvalue weighted by Gasteiger charge is 2.23. The molecule has 1 N–H and O–H groups in total. The molecule has 33 heavy (non-hydrogen) atoms. The summed E-state index contributed by atoms with van der Waals surface area (Å²) in [6, 6.07) is 20.2. The lowest BCUT2D eigenvalue weighted by molar-refractivity contribution is 0.140. The molecule has 3 heterocycles. The van der Waals surface area contributed by atoms with Crippen molar-refractivity contribution in [1.29, 1.82) is 0 Å². The monoisotopic (exact) mass is 440 g/mol. The van der Waals surface area contributed by atoms with E-state index >= 15 is 0 Å². The fourth-order valence-electron chi connectivity index (χ4n) is 4.25. The summed E-state index contributed by atoms with van der Waals surface area (Å²) < 4.78 is 2.14. The summed E-state index contributed by atoms with van der Waals surface area (Å²) in [6.45, 7) is 7.75. The van der Waals surface area contributed by atoms with Crippen molar-refractivity contribution in [2.75, 3.05) is 31.5 Å². The minimum absolute atomic E-state index is 0.0416. The van der Waals surface area contributed by atoms with Gasteiger partial charge in [-0.2, -0.15) is 0 Å². The SMILES string of the molecule is Cc1ccc(-n2c(CN3CCN(C(=O)Nc4ccccc4C)CC3)nc3cccnc32)cc1. The number of hydrogen-bond acceptors (Lipinski definition) is 4. The number of benzene rings is 2. The number of nitrogens with zero attached hydrogens (tertiary/aromatic N) is 5. The number of aryl methyl sites for hydroxylation is 2. The molecule has 0 bridgehead atoms. The van der Waals surface area contributed by atoms with Gasteiger partial charge < -0.3 is 10.2 Å². The second-order valence-electron chi connectivity index (χ2n) is 8.55. The third kappa shape index (κ3) is 4.45. The van der Waals surface area contributed by atoms with Gasteiger partial charge in [0.25, 0.3) is 0 Å². The van der Waals surface area contributed by atoms with Gasteiger partial charge in [0.15, 0.2) is 5.65 Å². The van der Waals surface area contributed by atoms with Gasteiger partial charge in [0, 0.05) is 43.8 Å². The number of carbonyl (C=O) groups is 1. The number of anilines is 1. The maximum Gasteiger partial charge on any atom is 0.321 e. The predicted molar refractivity (Wildman–Crippen MR) is 131 cm³/mol. The van der Waals surface area contributed by atoms with E-state index in [9.17, 15) is 4.79 Å². The minimum Gasteiger partial charge on any atom is -0.322 e. The Hall–Kier alpha value is -3.71. The molecule has 2 aromatic heterocycles. The molecule has 4 aromatic rings. The van der Waals surface area contributed by atoms with Crippen LogP contribution in [0, 0.1) is 13.8 Å². The number of pyridine rings is 1. The van der Waals surface area contributed by atoms with Crippen molar-refractivity contribution < 1.29 is 4.79 Å². The molecule has 5 rings (SSSR count). The molecule has 0 atom stereocenters. The molecule has 7 nitrogen and oxygen atoms in total. The van der Waals surface area contributed by atoms with Crippen LogP contribution in [0.15, 0.2) is 66.9 Å². The summed E-state index contributed by atoms with van der Waals surface area (Å²) in [5.41, 5.74) is 5.97. The number of urea groups is 1. The smallest absolute Gasteiger partial charge is 0.321 e. The Morgan fingerprint density at radius 3 is 2.45 bits per heavy atom. The summed E-state index contributed by atoms with van der Waals surface area (Å²) in [5.74, 6) is 0.963. The molecule has 0 saturated carbocycles. The summed E-state index contributed by atoms with van der Waals surface area (Å²) in [7, 11) is 0. The van der Waals surface area contributed by atoms with Crippen LogP contribution in [0.2, 0.25) is 0 Å². The van der Waals surface area contributed by atoms with Crippen LogP contribution in [-0.4, -0.2) is 56.5 Å². The molecule has 1 aliphatic heterocycles. The van der Waals surface area contributed by atoms with Crippen molar-refractivity contribution in [3.8, 4) is 5.69 Å². The largest absolute Gasteiger partial charge is 0.322 e. The first-order valence-corrected chi connectivity index (χ1v) is 11.3. The van der Waals surface area contributed by atoms with Gasteiger partial charge >= 0.3 is 6.03 Å². The Bertz CT molecular complexity index is 1270. The van der Waals surface area contributed by atoms with Gasteiger partial charge in [0.2, 0.25) is 0 Å². The Morgan fingerprint density at radius 2 is 1.70 bits per heavy atom. The molecule has 1 aliphatic rings. The molecule has 2 amide bonds. The molecule has 0 radical (unpaired) electrons. The minimum atomic E-state index is -0.0416. The average Bonchev–Trinajstić information content (AvgIpc) is 3.19. The molecule has 0 unspecified atom stereocenters. The summed E-state index contributed by atoms with van der Waals surface area (Å²) in [5, 5.41) is 3.04. The third-order valence-corrected chi connectivity index (χ3v) is 6.19. The first-order chi connectivity index (χ1) is 16.1. The Kier molecular flexibility index (Phi) is 5.79. The number of carbonyl (C=O) groups excluding carboxylic acids is 1. The first-order valence-electron chi connectivity index (χ1n) is 11.3. The van der Waals surface area contributed by atoms with E-state index in [2.05, 4.69) is 51.0 Å². The van der Waals surface area contributed by atoms with Crippen LogP contribution >= 0.6 is 0 Å². The van der Waals surface area contributed by atoms with Gasteiger partial charge in [-0.15, -0.1) is 0 Å². The molecule has 7 heteroatoms. The number of imidazole rings is 1. The molecule has 0 aliphatic carbocycles. The lowest BCUT2D eigenvalue weighted by Gasteiger charge is -2.34. The highest BCUT2D eigenvalue weighted by Crippen LogP contribution is 2.22. The Morgan fingerprint density at radius 1 is 0.939 bits per heavy atom. The fourth-order valence-corrected chi connectivity index (χ4v) is 4.25. The van der Waals surface area contributed by atoms with Crippen LogP contribution in [0.3, 0.4) is 0 Å². The molecular weight excluding hydrogens is 412 g/mol. The topological polar surface area (TPSA) is 66.3 Å². The van der Waals surface area contributed by atoms with Crippen molar-refractivity contribution in [3.05, 3.63) is 83.8 Å². The number of nitrogens with one attached hydrogen (secondary N) is 1. The Labute approximate surface area is 193 Å². The number of hydrogen-bond donors (Lipinski definition) is 1. The second-order valence-corrected chi connectivity index (χ2v) is 8.55. The van der Waals surface area contributed by atoms with E-state index in [4.69, 9.17) is 4.98 Å². The maximum absolute atomic E-state index is 12.7. The standard InChI is InChI=1S/C26H28N6O/c1-19-9-11-21(12-10-19)32-24(28-23-8-5-13-27-25(23)32)18-30-14-16-31(17-15-30)26(33)29-22-7-4-3-6-20(22)2/h3-13H,14-18H2,1-2H3,(H,29,33). The van der Waals surface area contributed by atoms with Gasteiger partial charge in [0.05, 0.1) is 6.54 Å². The van der Waals surface area contributed by atoms with Crippen LogP contribution in [0.4, 0.5) is 10.5 Å². The average molecular weight is 441 g/mol. The lowest BCUT2D eigenvalue weighted by atomic mass is 10.2. The number of rotatable bonds is 4. The fraction of sp³-hybridized carbons (Fsp3) is 0.269. The van der Waals surface area contributed by atoms with Crippen molar-refractivity contribution in [1.82, 2.24) is 24.3 Å². The van der Waals surface area contributed by atoms with E-state index in [-0.39, 0.29) is 6.03 Å². The van der Waals surface area contributed by atoms with E-state index < -0.39 is 0 Å².